The SMILES string of the molecule is CCc1ccc(CN/C2=C(\N=N)c3ccccc3CN(C(=O)CCC(=O)NCCOCCOCCOCCOCCC(=O)OC)c3ccccc32)cc1. The highest BCUT2D eigenvalue weighted by molar-refractivity contribution is 6.02. The summed E-state index contributed by atoms with van der Waals surface area (Å²) in [7, 11) is 1.34. The van der Waals surface area contributed by atoms with E-state index in [2.05, 4.69) is 51.7 Å². The number of carbonyl (C=O) groups excluding carboxylic acids is 3. The second-order valence-electron chi connectivity index (χ2n) is 12.1. The van der Waals surface area contributed by atoms with Gasteiger partial charge in [-0.2, -0.15) is 5.11 Å². The smallest absolute Gasteiger partial charge is 0.307 e. The van der Waals surface area contributed by atoms with Crippen LogP contribution in [0.5, 0.6) is 0 Å². The minimum atomic E-state index is -0.308. The monoisotopic (exact) mass is 729 g/mol. The maximum atomic E-state index is 13.9. The summed E-state index contributed by atoms with van der Waals surface area (Å²) >= 11 is 0. The van der Waals surface area contributed by atoms with Crippen molar-refractivity contribution in [1.29, 1.82) is 5.53 Å². The van der Waals surface area contributed by atoms with Crippen LogP contribution < -0.4 is 15.5 Å². The molecule has 0 aliphatic carbocycles. The van der Waals surface area contributed by atoms with Gasteiger partial charge in [0.25, 0.3) is 0 Å². The van der Waals surface area contributed by atoms with Crippen molar-refractivity contribution in [3.05, 3.63) is 101 Å². The van der Waals surface area contributed by atoms with Crippen molar-refractivity contribution >= 4 is 34.9 Å². The van der Waals surface area contributed by atoms with Crippen LogP contribution in [-0.4, -0.2) is 84.3 Å². The van der Waals surface area contributed by atoms with Crippen LogP contribution in [-0.2, 0) is 57.6 Å². The Morgan fingerprint density at radius 2 is 1.34 bits per heavy atom. The molecule has 3 N–H and O–H groups in total. The minimum absolute atomic E-state index is 0.0185. The highest BCUT2D eigenvalue weighted by Crippen LogP contribution is 2.37. The van der Waals surface area contributed by atoms with Crippen molar-refractivity contribution in [1.82, 2.24) is 10.6 Å². The quantitative estimate of drug-likeness (QED) is 0.0672. The van der Waals surface area contributed by atoms with Gasteiger partial charge in [0.05, 0.1) is 84.3 Å². The van der Waals surface area contributed by atoms with Crippen LogP contribution in [0.3, 0.4) is 0 Å². The highest BCUT2D eigenvalue weighted by atomic mass is 16.6. The summed E-state index contributed by atoms with van der Waals surface area (Å²) in [4.78, 5) is 39.3. The molecule has 13 heteroatoms. The van der Waals surface area contributed by atoms with Crippen LogP contribution in [0.15, 0.2) is 77.9 Å². The number of ether oxygens (including phenoxy) is 5. The Labute approximate surface area is 311 Å². The van der Waals surface area contributed by atoms with Gasteiger partial charge in [0.2, 0.25) is 11.8 Å². The lowest BCUT2D eigenvalue weighted by Gasteiger charge is -2.30. The number of methoxy groups -OCH3 is 1. The van der Waals surface area contributed by atoms with E-state index in [-0.39, 0.29) is 43.6 Å². The fourth-order valence-corrected chi connectivity index (χ4v) is 5.65. The number of fused-ring (bicyclic) bond motifs is 2. The van der Waals surface area contributed by atoms with Gasteiger partial charge >= 0.3 is 5.97 Å². The largest absolute Gasteiger partial charge is 0.469 e. The van der Waals surface area contributed by atoms with E-state index in [1.54, 1.807) is 4.90 Å². The Morgan fingerprint density at radius 3 is 2.00 bits per heavy atom. The van der Waals surface area contributed by atoms with Gasteiger partial charge in [0, 0.05) is 37.1 Å². The second-order valence-corrected chi connectivity index (χ2v) is 12.1. The fourth-order valence-electron chi connectivity index (χ4n) is 5.65. The average molecular weight is 730 g/mol. The number of benzene rings is 3. The number of amides is 2. The Hall–Kier alpha value is -4.95. The van der Waals surface area contributed by atoms with E-state index in [4.69, 9.17) is 24.5 Å². The Bertz CT molecular complexity index is 1660. The lowest BCUT2D eigenvalue weighted by molar-refractivity contribution is -0.142. The summed E-state index contributed by atoms with van der Waals surface area (Å²) in [6.07, 6.45) is 1.22. The van der Waals surface area contributed by atoms with Gasteiger partial charge in [-0.15, -0.1) is 0 Å². The van der Waals surface area contributed by atoms with Crippen molar-refractivity contribution in [3.8, 4) is 0 Å². The number of aryl methyl sites for hydroxylation is 1. The third-order valence-corrected chi connectivity index (χ3v) is 8.54. The summed E-state index contributed by atoms with van der Waals surface area (Å²) in [6, 6.07) is 23.7. The first kappa shape index (κ1) is 40.8. The fraction of sp³-hybridized carbons (Fsp3) is 0.425. The third kappa shape index (κ3) is 13.2. The molecule has 0 bridgehead atoms. The number of esters is 1. The number of para-hydroxylation sites is 1. The second kappa shape index (κ2) is 22.9. The molecule has 0 aromatic heterocycles. The molecule has 2 amide bonds. The topological polar surface area (TPSA) is 161 Å². The molecule has 0 radical (unpaired) electrons. The van der Waals surface area contributed by atoms with E-state index >= 15 is 0 Å². The lowest BCUT2D eigenvalue weighted by Crippen LogP contribution is -2.34. The summed E-state index contributed by atoms with van der Waals surface area (Å²) in [6.45, 7) is 6.19. The minimum Gasteiger partial charge on any atom is -0.469 e. The van der Waals surface area contributed by atoms with Crippen LogP contribution >= 0.6 is 0 Å². The molecule has 53 heavy (non-hydrogen) atoms. The zero-order chi connectivity index (χ0) is 37.7. The molecule has 3 aromatic carbocycles. The molecule has 4 rings (SSSR count). The number of anilines is 1. The number of hydrogen-bond acceptors (Lipinski definition) is 11. The molecule has 1 aliphatic heterocycles. The molecule has 0 unspecified atom stereocenters. The first-order valence-corrected chi connectivity index (χ1v) is 18.0. The molecule has 1 heterocycles. The van der Waals surface area contributed by atoms with Crippen LogP contribution in [0.1, 0.15) is 54.0 Å². The van der Waals surface area contributed by atoms with E-state index < -0.39 is 0 Å². The molecule has 13 nitrogen and oxygen atoms in total. The average Bonchev–Trinajstić information content (AvgIpc) is 3.18. The normalized spacial score (nSPS) is 13.7. The van der Waals surface area contributed by atoms with Gasteiger partial charge in [-0.1, -0.05) is 73.7 Å². The molecule has 3 aromatic rings. The van der Waals surface area contributed by atoms with Crippen molar-refractivity contribution in [2.75, 3.05) is 71.4 Å². The van der Waals surface area contributed by atoms with E-state index in [0.29, 0.717) is 83.0 Å². The predicted molar refractivity (Wildman–Crippen MR) is 201 cm³/mol. The van der Waals surface area contributed by atoms with Gasteiger partial charge in [-0.25, -0.2) is 5.53 Å². The number of carbonyl (C=O) groups is 3. The van der Waals surface area contributed by atoms with Crippen molar-refractivity contribution < 1.29 is 38.1 Å². The van der Waals surface area contributed by atoms with Gasteiger partial charge in [-0.05, 0) is 29.2 Å². The number of rotatable bonds is 23. The lowest BCUT2D eigenvalue weighted by atomic mass is 9.95. The molecule has 0 atom stereocenters. The summed E-state index contributed by atoms with van der Waals surface area (Å²) in [5.74, 6) is -0.735. The Morgan fingerprint density at radius 1 is 0.736 bits per heavy atom. The first-order valence-electron chi connectivity index (χ1n) is 18.0. The first-order chi connectivity index (χ1) is 25.9. The number of hydrogen-bond donors (Lipinski definition) is 3. The van der Waals surface area contributed by atoms with Gasteiger partial charge in [0.15, 0.2) is 0 Å². The van der Waals surface area contributed by atoms with Gasteiger partial charge in [-0.3, -0.25) is 14.4 Å². The molecule has 0 fully saturated rings. The maximum Gasteiger partial charge on any atom is 0.307 e. The van der Waals surface area contributed by atoms with Crippen LogP contribution in [0.25, 0.3) is 11.4 Å². The molecule has 0 saturated carbocycles. The molecule has 284 valence electrons. The predicted octanol–water partition coefficient (Wildman–Crippen LogP) is 5.27. The summed E-state index contributed by atoms with van der Waals surface area (Å²) < 4.78 is 26.3. The van der Waals surface area contributed by atoms with Crippen molar-refractivity contribution in [2.45, 2.75) is 45.7 Å². The van der Waals surface area contributed by atoms with Gasteiger partial charge in [0.1, 0.15) is 5.70 Å². The molecular weight excluding hydrogens is 678 g/mol. The Kier molecular flexibility index (Phi) is 17.6. The van der Waals surface area contributed by atoms with Crippen LogP contribution in [0.2, 0.25) is 0 Å². The van der Waals surface area contributed by atoms with E-state index in [0.717, 1.165) is 28.7 Å². The summed E-state index contributed by atoms with van der Waals surface area (Å²) in [5.41, 5.74) is 14.7. The van der Waals surface area contributed by atoms with Crippen LogP contribution in [0, 0.1) is 5.53 Å². The standard InChI is InChI=1S/C40H51N5O8/c1-3-30-12-14-31(15-13-30)28-43-39-34-10-6-7-11-35(34)45(29-32-8-4-5-9-33(32)40(39)44-41)37(47)17-16-36(46)42-19-21-51-23-25-53-27-26-52-24-22-50-20-18-38(48)49-2/h4-15,41,43H,3,16-29H2,1-2H3,(H,42,46)/b40-39-,44-41?. The van der Waals surface area contributed by atoms with E-state index in [9.17, 15) is 14.4 Å². The summed E-state index contributed by atoms with van der Waals surface area (Å²) in [5, 5.41) is 10.4. The van der Waals surface area contributed by atoms with Crippen molar-refractivity contribution in [2.24, 2.45) is 5.11 Å². The Balaban J connectivity index is 1.23. The van der Waals surface area contributed by atoms with E-state index in [1.165, 1.54) is 12.7 Å². The van der Waals surface area contributed by atoms with Crippen molar-refractivity contribution in [3.63, 3.8) is 0 Å². The molecule has 0 saturated heterocycles. The molecule has 1 aliphatic rings. The third-order valence-electron chi connectivity index (χ3n) is 8.54. The molecular formula is C40H51N5O8. The zero-order valence-corrected chi connectivity index (χ0v) is 30.7. The van der Waals surface area contributed by atoms with Crippen LogP contribution in [0.4, 0.5) is 5.69 Å². The maximum absolute atomic E-state index is 13.9. The van der Waals surface area contributed by atoms with E-state index in [1.807, 2.05) is 48.5 Å². The molecule has 0 spiro atoms. The number of nitrogens with zero attached hydrogens (tertiary/aromatic N) is 2. The van der Waals surface area contributed by atoms with Gasteiger partial charge < -0.3 is 39.2 Å². The highest BCUT2D eigenvalue weighted by Gasteiger charge is 2.27. The zero-order valence-electron chi connectivity index (χ0n) is 30.7. The number of nitrogens with one attached hydrogen (secondary N) is 3.